The predicted molar refractivity (Wildman–Crippen MR) is 53.9 cm³/mol. The van der Waals surface area contributed by atoms with E-state index in [2.05, 4.69) is 30.7 Å². The van der Waals surface area contributed by atoms with Crippen LogP contribution in [0.3, 0.4) is 0 Å². The standard InChI is InChI=1S/C8H13N3OS/c1-8(2,3)6-4-13-7(11-6)9-5-10-12/h4-5,12H,1-3H3,(H,9,10,11). The predicted octanol–water partition coefficient (Wildman–Crippen LogP) is 2.08. The molecule has 1 heterocycles. The molecule has 0 radical (unpaired) electrons. The normalized spacial score (nSPS) is 12.3. The average Bonchev–Trinajstić information content (AvgIpc) is 2.47. The second-order valence-corrected chi connectivity index (χ2v) is 4.49. The molecule has 13 heavy (non-hydrogen) atoms. The van der Waals surface area contributed by atoms with Gasteiger partial charge in [0, 0.05) is 10.8 Å². The Kier molecular flexibility index (Phi) is 3.00. The number of aromatic nitrogens is 1. The van der Waals surface area contributed by atoms with Crippen molar-refractivity contribution in [3.8, 4) is 0 Å². The molecule has 0 atom stereocenters. The fourth-order valence-electron chi connectivity index (χ4n) is 0.752. The second kappa shape index (κ2) is 3.85. The highest BCUT2D eigenvalue weighted by molar-refractivity contribution is 7.13. The van der Waals surface area contributed by atoms with Crippen LogP contribution in [0.25, 0.3) is 0 Å². The summed E-state index contributed by atoms with van der Waals surface area (Å²) in [4.78, 5) is 8.17. The molecule has 0 aliphatic heterocycles. The minimum Gasteiger partial charge on any atom is -0.290 e. The van der Waals surface area contributed by atoms with Gasteiger partial charge in [0.05, 0.1) is 5.69 Å². The Morgan fingerprint density at radius 2 is 2.31 bits per heavy atom. The molecule has 2 N–H and O–H groups in total. The monoisotopic (exact) mass is 199 g/mol. The third kappa shape index (κ3) is 2.78. The van der Waals surface area contributed by atoms with E-state index >= 15 is 0 Å². The summed E-state index contributed by atoms with van der Waals surface area (Å²) < 4.78 is 0. The maximum absolute atomic E-state index is 8.27. The summed E-state index contributed by atoms with van der Waals surface area (Å²) >= 11 is 1.46. The van der Waals surface area contributed by atoms with Crippen LogP contribution in [0.2, 0.25) is 0 Å². The molecule has 0 saturated carbocycles. The molecule has 4 nitrogen and oxygen atoms in total. The summed E-state index contributed by atoms with van der Waals surface area (Å²) in [6, 6.07) is 0. The molecular weight excluding hydrogens is 186 g/mol. The van der Waals surface area contributed by atoms with Crippen molar-refractivity contribution in [2.75, 3.05) is 0 Å². The van der Waals surface area contributed by atoms with Crippen LogP contribution in [0.5, 0.6) is 0 Å². The molecule has 0 unspecified atom stereocenters. The van der Waals surface area contributed by atoms with Crippen LogP contribution < -0.4 is 5.48 Å². The van der Waals surface area contributed by atoms with Crippen LogP contribution in [0.4, 0.5) is 5.13 Å². The van der Waals surface area contributed by atoms with E-state index in [9.17, 15) is 0 Å². The Balaban J connectivity index is 2.81. The summed E-state index contributed by atoms with van der Waals surface area (Å²) in [7, 11) is 0. The molecule has 0 aliphatic rings. The molecule has 5 heteroatoms. The molecule has 0 aliphatic carbocycles. The van der Waals surface area contributed by atoms with Gasteiger partial charge in [-0.3, -0.25) is 10.7 Å². The number of thiazole rings is 1. The Morgan fingerprint density at radius 1 is 1.62 bits per heavy atom. The van der Waals surface area contributed by atoms with Crippen molar-refractivity contribution >= 4 is 22.8 Å². The lowest BCUT2D eigenvalue weighted by Crippen LogP contribution is -2.11. The highest BCUT2D eigenvalue weighted by atomic mass is 32.1. The Morgan fingerprint density at radius 3 is 2.77 bits per heavy atom. The van der Waals surface area contributed by atoms with Gasteiger partial charge >= 0.3 is 0 Å². The van der Waals surface area contributed by atoms with Gasteiger partial charge in [0.2, 0.25) is 5.13 Å². The lowest BCUT2D eigenvalue weighted by atomic mass is 9.93. The first-order valence-corrected chi connectivity index (χ1v) is 4.80. The molecule has 0 aromatic carbocycles. The SMILES string of the molecule is CC(C)(C)c1csc(/N=C/NO)n1. The smallest absolute Gasteiger partial charge is 0.210 e. The highest BCUT2D eigenvalue weighted by Gasteiger charge is 2.16. The minimum atomic E-state index is 0.0525. The quantitative estimate of drug-likeness (QED) is 0.435. The van der Waals surface area contributed by atoms with Gasteiger partial charge < -0.3 is 0 Å². The van der Waals surface area contributed by atoms with Gasteiger partial charge in [0.1, 0.15) is 6.34 Å². The lowest BCUT2D eigenvalue weighted by molar-refractivity contribution is 0.240. The molecular formula is C8H13N3OS. The fourth-order valence-corrected chi connectivity index (χ4v) is 1.64. The Hall–Kier alpha value is -0.940. The lowest BCUT2D eigenvalue weighted by Gasteiger charge is -2.13. The third-order valence-electron chi connectivity index (χ3n) is 1.49. The average molecular weight is 199 g/mol. The first kappa shape index (κ1) is 10.1. The zero-order valence-electron chi connectivity index (χ0n) is 7.90. The van der Waals surface area contributed by atoms with E-state index in [1.54, 1.807) is 0 Å². The minimum absolute atomic E-state index is 0.0525. The van der Waals surface area contributed by atoms with Gasteiger partial charge in [-0.25, -0.2) is 9.98 Å². The van der Waals surface area contributed by atoms with Crippen molar-refractivity contribution in [2.24, 2.45) is 4.99 Å². The van der Waals surface area contributed by atoms with Crippen molar-refractivity contribution in [2.45, 2.75) is 26.2 Å². The van der Waals surface area contributed by atoms with Crippen LogP contribution in [0.15, 0.2) is 10.4 Å². The van der Waals surface area contributed by atoms with Gasteiger partial charge in [-0.2, -0.15) is 0 Å². The maximum atomic E-state index is 8.27. The van der Waals surface area contributed by atoms with Crippen molar-refractivity contribution in [3.63, 3.8) is 0 Å². The van der Waals surface area contributed by atoms with Gasteiger partial charge in [-0.05, 0) is 0 Å². The van der Waals surface area contributed by atoms with Crippen molar-refractivity contribution in [3.05, 3.63) is 11.1 Å². The first-order valence-electron chi connectivity index (χ1n) is 3.92. The largest absolute Gasteiger partial charge is 0.290 e. The number of nitrogens with zero attached hydrogens (tertiary/aromatic N) is 2. The summed E-state index contributed by atoms with van der Waals surface area (Å²) in [5, 5.41) is 10.9. The molecule has 1 aromatic rings. The van der Waals surface area contributed by atoms with Crippen molar-refractivity contribution < 1.29 is 5.21 Å². The van der Waals surface area contributed by atoms with Crippen molar-refractivity contribution in [1.29, 1.82) is 0 Å². The second-order valence-electron chi connectivity index (χ2n) is 3.65. The van der Waals surface area contributed by atoms with Crippen LogP contribution in [-0.2, 0) is 5.41 Å². The van der Waals surface area contributed by atoms with E-state index < -0.39 is 0 Å². The Bertz CT molecular complexity index is 301. The molecule has 1 rings (SSSR count). The van der Waals surface area contributed by atoms with Crippen LogP contribution in [0.1, 0.15) is 26.5 Å². The summed E-state index contributed by atoms with van der Waals surface area (Å²) in [6.45, 7) is 6.29. The van der Waals surface area contributed by atoms with Crippen LogP contribution in [0, 0.1) is 0 Å². The topological polar surface area (TPSA) is 57.5 Å². The summed E-state index contributed by atoms with van der Waals surface area (Å²) in [5.74, 6) is 0. The molecule has 1 aromatic heterocycles. The maximum Gasteiger partial charge on any atom is 0.210 e. The molecule has 72 valence electrons. The number of hydrogen-bond acceptors (Lipinski definition) is 4. The number of hydrogen-bond donors (Lipinski definition) is 2. The van der Waals surface area contributed by atoms with Gasteiger partial charge in [-0.15, -0.1) is 11.3 Å². The number of rotatable bonds is 2. The van der Waals surface area contributed by atoms with Crippen molar-refractivity contribution in [1.82, 2.24) is 10.5 Å². The number of nitrogens with one attached hydrogen (secondary N) is 1. The highest BCUT2D eigenvalue weighted by Crippen LogP contribution is 2.27. The van der Waals surface area contributed by atoms with E-state index in [0.717, 1.165) is 5.69 Å². The van der Waals surface area contributed by atoms with Crippen LogP contribution in [-0.4, -0.2) is 16.5 Å². The Labute approximate surface area is 81.3 Å². The van der Waals surface area contributed by atoms with Gasteiger partial charge in [0.15, 0.2) is 0 Å². The zero-order valence-corrected chi connectivity index (χ0v) is 8.72. The van der Waals surface area contributed by atoms with E-state index in [0.29, 0.717) is 5.13 Å². The van der Waals surface area contributed by atoms with E-state index in [4.69, 9.17) is 5.21 Å². The van der Waals surface area contributed by atoms with Gasteiger partial charge in [0.25, 0.3) is 0 Å². The molecule has 0 amide bonds. The molecule has 0 spiro atoms. The molecule has 0 fully saturated rings. The summed E-state index contributed by atoms with van der Waals surface area (Å²) in [6.07, 6.45) is 1.20. The van der Waals surface area contributed by atoms with Crippen LogP contribution >= 0.6 is 11.3 Å². The first-order chi connectivity index (χ1) is 6.04. The number of aliphatic imine (C=N–C) groups is 1. The zero-order chi connectivity index (χ0) is 9.90. The molecule has 0 bridgehead atoms. The summed E-state index contributed by atoms with van der Waals surface area (Å²) in [5.41, 5.74) is 2.91. The van der Waals surface area contributed by atoms with E-state index in [-0.39, 0.29) is 5.41 Å². The number of hydroxylamine groups is 1. The van der Waals surface area contributed by atoms with E-state index in [1.165, 1.54) is 17.7 Å². The fraction of sp³-hybridized carbons (Fsp3) is 0.500. The third-order valence-corrected chi connectivity index (χ3v) is 2.24. The van der Waals surface area contributed by atoms with E-state index in [1.807, 2.05) is 10.9 Å². The molecule has 0 saturated heterocycles. The van der Waals surface area contributed by atoms with Gasteiger partial charge in [-0.1, -0.05) is 20.8 Å².